The summed E-state index contributed by atoms with van der Waals surface area (Å²) >= 11 is 0. The number of hydrogen-bond acceptors (Lipinski definition) is 8. The number of carbonyl (C=O) groups excluding carboxylic acids is 3. The minimum Gasteiger partial charge on any atom is -0.493 e. The number of esters is 1. The van der Waals surface area contributed by atoms with E-state index < -0.39 is 23.4 Å². The summed E-state index contributed by atoms with van der Waals surface area (Å²) in [6.45, 7) is 6.51. The van der Waals surface area contributed by atoms with Gasteiger partial charge in [-0.2, -0.15) is 0 Å². The monoisotopic (exact) mass is 608 g/mol. The molecule has 2 amide bonds. The zero-order valence-electron chi connectivity index (χ0n) is 26.5. The molecule has 2 aliphatic heterocycles. The zero-order chi connectivity index (χ0) is 31.6. The third kappa shape index (κ3) is 6.22. The molecule has 0 radical (unpaired) electrons. The van der Waals surface area contributed by atoms with Crippen LogP contribution in [-0.4, -0.2) is 62.8 Å². The van der Waals surface area contributed by atoms with Crippen LogP contribution in [0.25, 0.3) is 0 Å². The van der Waals surface area contributed by atoms with E-state index in [1.54, 1.807) is 19.1 Å². The Morgan fingerprint density at radius 1 is 1.09 bits per heavy atom. The molecule has 0 bridgehead atoms. The Labute approximate surface area is 259 Å². The molecule has 10 heteroatoms. The highest BCUT2D eigenvalue weighted by Gasteiger charge is 2.63. The van der Waals surface area contributed by atoms with Gasteiger partial charge in [0.1, 0.15) is 16.9 Å². The van der Waals surface area contributed by atoms with Gasteiger partial charge in [-0.05, 0) is 80.3 Å². The fourth-order valence-corrected chi connectivity index (χ4v) is 6.62. The predicted octanol–water partition coefficient (Wildman–Crippen LogP) is 4.58. The number of nitrogens with zero attached hydrogens (tertiary/aromatic N) is 1. The Balaban J connectivity index is 1.49. The van der Waals surface area contributed by atoms with Gasteiger partial charge in [-0.25, -0.2) is 0 Å². The molecule has 3 aliphatic rings. The van der Waals surface area contributed by atoms with E-state index in [9.17, 15) is 14.4 Å². The van der Waals surface area contributed by atoms with Crippen LogP contribution in [0.4, 0.5) is 0 Å². The van der Waals surface area contributed by atoms with Crippen LogP contribution >= 0.6 is 0 Å². The topological polar surface area (TPSA) is 117 Å². The summed E-state index contributed by atoms with van der Waals surface area (Å²) in [6.07, 6.45) is 3.70. The molecule has 2 aromatic rings. The van der Waals surface area contributed by atoms with Gasteiger partial charge in [0, 0.05) is 24.6 Å². The second-order valence-corrected chi connectivity index (χ2v) is 12.4. The van der Waals surface area contributed by atoms with Gasteiger partial charge >= 0.3 is 5.97 Å². The first-order chi connectivity index (χ1) is 21.1. The van der Waals surface area contributed by atoms with Gasteiger partial charge < -0.3 is 33.6 Å². The number of rotatable bonds is 12. The molecule has 10 nitrogen and oxygen atoms in total. The Morgan fingerprint density at radius 2 is 1.84 bits per heavy atom. The highest BCUT2D eigenvalue weighted by molar-refractivity contribution is 5.92. The van der Waals surface area contributed by atoms with E-state index in [4.69, 9.17) is 23.4 Å². The third-order valence-corrected chi connectivity index (χ3v) is 9.06. The lowest BCUT2D eigenvalue weighted by molar-refractivity contribution is -0.182. The number of furan rings is 1. The Kier molecular flexibility index (Phi) is 9.39. The molecule has 4 atom stereocenters. The van der Waals surface area contributed by atoms with E-state index >= 15 is 0 Å². The number of amides is 2. The second kappa shape index (κ2) is 13.1. The number of benzene rings is 1. The summed E-state index contributed by atoms with van der Waals surface area (Å²) in [5, 5.41) is 2.88. The molecule has 44 heavy (non-hydrogen) atoms. The van der Waals surface area contributed by atoms with Crippen LogP contribution in [0.1, 0.15) is 56.6 Å². The van der Waals surface area contributed by atoms with E-state index in [1.807, 2.05) is 43.3 Å². The SMILES string of the molecule is COC(=O)[C@]12C[C@H](CC(=O)NCc3ccc(C)o3)C(=O)N(CCc3ccc(OC)c(OC)c3)C1=C[C@H](C(C)C)O[C@@H]2C1CC1. The molecule has 1 saturated carbocycles. The van der Waals surface area contributed by atoms with Gasteiger partial charge in [0.05, 0.1) is 40.1 Å². The lowest BCUT2D eigenvalue weighted by atomic mass is 9.64. The third-order valence-electron chi connectivity index (χ3n) is 9.06. The molecular formula is C34H44N2O8. The summed E-state index contributed by atoms with van der Waals surface area (Å²) in [6, 6.07) is 9.31. The van der Waals surface area contributed by atoms with Crippen LogP contribution in [-0.2, 0) is 36.8 Å². The Hall–Kier alpha value is -3.79. The van der Waals surface area contributed by atoms with Gasteiger partial charge in [0.25, 0.3) is 0 Å². The van der Waals surface area contributed by atoms with Crippen molar-refractivity contribution in [1.29, 1.82) is 0 Å². The van der Waals surface area contributed by atoms with Crippen molar-refractivity contribution in [3.63, 3.8) is 0 Å². The maximum Gasteiger partial charge on any atom is 0.320 e. The van der Waals surface area contributed by atoms with Crippen LogP contribution in [0.15, 0.2) is 46.5 Å². The minimum absolute atomic E-state index is 0.0671. The number of ether oxygens (including phenoxy) is 4. The fraction of sp³-hybridized carbons (Fsp3) is 0.559. The molecule has 1 aromatic heterocycles. The van der Waals surface area contributed by atoms with E-state index in [1.165, 1.54) is 7.11 Å². The number of carbonyl (C=O) groups is 3. The quantitative estimate of drug-likeness (QED) is 0.348. The van der Waals surface area contributed by atoms with Crippen LogP contribution in [0, 0.1) is 30.1 Å². The molecule has 1 N–H and O–H groups in total. The number of fused-ring (bicyclic) bond motifs is 1. The Morgan fingerprint density at radius 3 is 2.45 bits per heavy atom. The van der Waals surface area contributed by atoms with Crippen LogP contribution in [0.2, 0.25) is 0 Å². The lowest BCUT2D eigenvalue weighted by Crippen LogP contribution is -2.62. The first kappa shape index (κ1) is 31.6. The van der Waals surface area contributed by atoms with Crippen LogP contribution in [0.5, 0.6) is 11.5 Å². The van der Waals surface area contributed by atoms with E-state index in [0.717, 1.165) is 24.2 Å². The standard InChI is InChI=1S/C34H44N2O8/c1-20(2)27-17-29-34(33(39)42-6,31(44-27)23-9-10-23)18-24(16-30(37)35-19-25-11-7-21(3)43-25)32(38)36(29)14-13-22-8-12-26(40-4)28(15-22)41-5/h7-8,11-12,15,17,20,23-24,27,31H,9-10,13-14,16,18-19H2,1-6H3,(H,35,37)/t24-,27+,31+,34+/m0/s1. The van der Waals surface area contributed by atoms with Crippen LogP contribution < -0.4 is 14.8 Å². The number of piperidine rings is 1. The summed E-state index contributed by atoms with van der Waals surface area (Å²) in [4.78, 5) is 43.2. The van der Waals surface area contributed by atoms with Gasteiger partial charge in [0.15, 0.2) is 11.5 Å². The van der Waals surface area contributed by atoms with Gasteiger partial charge in [-0.15, -0.1) is 0 Å². The van der Waals surface area contributed by atoms with Crippen molar-refractivity contribution in [2.75, 3.05) is 27.9 Å². The van der Waals surface area contributed by atoms with E-state index in [2.05, 4.69) is 19.2 Å². The first-order valence-corrected chi connectivity index (χ1v) is 15.4. The number of aryl methyl sites for hydroxylation is 1. The molecule has 2 fully saturated rings. The van der Waals surface area contributed by atoms with Crippen molar-refractivity contribution in [3.8, 4) is 11.5 Å². The molecule has 238 valence electrons. The molecule has 1 saturated heterocycles. The first-order valence-electron chi connectivity index (χ1n) is 15.4. The predicted molar refractivity (Wildman–Crippen MR) is 162 cm³/mol. The highest BCUT2D eigenvalue weighted by Crippen LogP contribution is 2.56. The lowest BCUT2D eigenvalue weighted by Gasteiger charge is -2.53. The van der Waals surface area contributed by atoms with Gasteiger partial charge in [0.2, 0.25) is 11.8 Å². The molecule has 0 spiro atoms. The van der Waals surface area contributed by atoms with Crippen molar-refractivity contribution in [1.82, 2.24) is 10.2 Å². The van der Waals surface area contributed by atoms with Crippen molar-refractivity contribution >= 4 is 17.8 Å². The van der Waals surface area contributed by atoms with E-state index in [-0.39, 0.29) is 49.1 Å². The normalized spacial score (nSPS) is 24.9. The number of hydrogen-bond donors (Lipinski definition) is 1. The minimum atomic E-state index is -1.20. The highest BCUT2D eigenvalue weighted by atomic mass is 16.5. The van der Waals surface area contributed by atoms with Crippen LogP contribution in [0.3, 0.4) is 0 Å². The largest absolute Gasteiger partial charge is 0.493 e. The molecular weight excluding hydrogens is 564 g/mol. The summed E-state index contributed by atoms with van der Waals surface area (Å²) < 4.78 is 28.6. The molecule has 1 aromatic carbocycles. The second-order valence-electron chi connectivity index (χ2n) is 12.4. The number of likely N-dealkylation sites (tertiary alicyclic amines) is 1. The van der Waals surface area contributed by atoms with Crippen molar-refractivity contribution < 1.29 is 37.7 Å². The average Bonchev–Trinajstić information content (AvgIpc) is 3.78. The summed E-state index contributed by atoms with van der Waals surface area (Å²) in [5.74, 6) is 1.27. The zero-order valence-corrected chi connectivity index (χ0v) is 26.5. The maximum atomic E-state index is 14.3. The van der Waals surface area contributed by atoms with Crippen molar-refractivity contribution in [2.24, 2.45) is 23.2 Å². The molecule has 0 unspecified atom stereocenters. The van der Waals surface area contributed by atoms with Crippen molar-refractivity contribution in [3.05, 3.63) is 59.2 Å². The average molecular weight is 609 g/mol. The fourth-order valence-electron chi connectivity index (χ4n) is 6.62. The van der Waals surface area contributed by atoms with Gasteiger partial charge in [-0.1, -0.05) is 19.9 Å². The van der Waals surface area contributed by atoms with Crippen molar-refractivity contribution in [2.45, 2.75) is 71.6 Å². The maximum absolute atomic E-state index is 14.3. The Bertz CT molecular complexity index is 1410. The van der Waals surface area contributed by atoms with Gasteiger partial charge in [-0.3, -0.25) is 14.4 Å². The molecule has 1 aliphatic carbocycles. The summed E-state index contributed by atoms with van der Waals surface area (Å²) in [5.41, 5.74) is 0.384. The molecule has 5 rings (SSSR count). The molecule has 3 heterocycles. The van der Waals surface area contributed by atoms with E-state index in [0.29, 0.717) is 35.9 Å². The number of nitrogens with one attached hydrogen (secondary N) is 1. The summed E-state index contributed by atoms with van der Waals surface area (Å²) in [7, 11) is 4.55. The number of methoxy groups -OCH3 is 3. The smallest absolute Gasteiger partial charge is 0.320 e.